The molecule has 4 rings (SSSR count). The minimum atomic E-state index is -0.237. The van der Waals surface area contributed by atoms with Crippen molar-refractivity contribution in [1.29, 1.82) is 0 Å². The Labute approximate surface area is 183 Å². The number of amides is 2. The van der Waals surface area contributed by atoms with E-state index in [2.05, 4.69) is 32.4 Å². The number of nitrogens with one attached hydrogen (secondary N) is 2. The Balaban J connectivity index is 1.53. The summed E-state index contributed by atoms with van der Waals surface area (Å²) in [4.78, 5) is 27.7. The Bertz CT molecular complexity index is 1040. The first kappa shape index (κ1) is 20.7. The van der Waals surface area contributed by atoms with Gasteiger partial charge >= 0.3 is 0 Å². The molecule has 0 saturated carbocycles. The molecule has 8 heteroatoms. The summed E-state index contributed by atoms with van der Waals surface area (Å²) < 4.78 is 3.90. The lowest BCUT2D eigenvalue weighted by Crippen LogP contribution is -2.27. The zero-order valence-electron chi connectivity index (χ0n) is 16.9. The molecule has 0 aliphatic heterocycles. The Hall–Kier alpha value is -2.58. The number of aryl methyl sites for hydroxylation is 2. The molecule has 30 heavy (non-hydrogen) atoms. The highest BCUT2D eigenvalue weighted by Crippen LogP contribution is 2.38. The topological polar surface area (TPSA) is 84.0 Å². The predicted octanol–water partition coefficient (Wildman–Crippen LogP) is 4.27. The van der Waals surface area contributed by atoms with Crippen LogP contribution in [0.2, 0.25) is 0 Å². The molecule has 1 aliphatic rings. The van der Waals surface area contributed by atoms with Gasteiger partial charge in [0.15, 0.2) is 0 Å². The largest absolute Gasteiger partial charge is 0.352 e. The highest BCUT2D eigenvalue weighted by Gasteiger charge is 2.27. The molecule has 0 atom stereocenters. The Morgan fingerprint density at radius 2 is 1.90 bits per heavy atom. The van der Waals surface area contributed by atoms with Crippen molar-refractivity contribution in [2.45, 2.75) is 45.4 Å². The number of carbonyl (C=O) groups excluding carboxylic acids is 2. The van der Waals surface area contributed by atoms with Gasteiger partial charge in [0, 0.05) is 11.4 Å². The van der Waals surface area contributed by atoms with Gasteiger partial charge in [-0.25, -0.2) is 0 Å². The molecule has 2 heterocycles. The van der Waals surface area contributed by atoms with E-state index in [0.717, 1.165) is 49.2 Å². The van der Waals surface area contributed by atoms with Gasteiger partial charge in [0.1, 0.15) is 9.88 Å². The summed E-state index contributed by atoms with van der Waals surface area (Å²) in [6.45, 7) is 2.50. The zero-order valence-corrected chi connectivity index (χ0v) is 18.5. The highest BCUT2D eigenvalue weighted by molar-refractivity contribution is 7.17. The number of hydrogen-bond donors (Lipinski definition) is 2. The molecule has 1 aliphatic carbocycles. The Morgan fingerprint density at radius 3 is 2.70 bits per heavy atom. The van der Waals surface area contributed by atoms with Crippen molar-refractivity contribution in [1.82, 2.24) is 14.9 Å². The lowest BCUT2D eigenvalue weighted by molar-refractivity contribution is 0.0954. The number of thiophene rings is 1. The van der Waals surface area contributed by atoms with Crippen LogP contribution in [0.15, 0.2) is 30.3 Å². The number of aromatic nitrogens is 2. The maximum Gasteiger partial charge on any atom is 0.269 e. The predicted molar refractivity (Wildman–Crippen MR) is 121 cm³/mol. The van der Waals surface area contributed by atoms with E-state index in [1.54, 1.807) is 0 Å². The number of benzene rings is 1. The van der Waals surface area contributed by atoms with Crippen LogP contribution in [0.1, 0.15) is 61.5 Å². The second-order valence-corrected chi connectivity index (χ2v) is 9.12. The van der Waals surface area contributed by atoms with E-state index in [9.17, 15) is 9.59 Å². The summed E-state index contributed by atoms with van der Waals surface area (Å²) >= 11 is 2.62. The summed E-state index contributed by atoms with van der Waals surface area (Å²) in [5, 5.41) is 10.7. The van der Waals surface area contributed by atoms with Crippen LogP contribution in [0.5, 0.6) is 0 Å². The number of hydrogen-bond acceptors (Lipinski definition) is 6. The monoisotopic (exact) mass is 440 g/mol. The van der Waals surface area contributed by atoms with Gasteiger partial charge in [0.25, 0.3) is 11.8 Å². The van der Waals surface area contributed by atoms with Crippen molar-refractivity contribution in [2.75, 3.05) is 11.9 Å². The average Bonchev–Trinajstić information content (AvgIpc) is 3.38. The lowest BCUT2D eigenvalue weighted by atomic mass is 9.95. The third-order valence-corrected chi connectivity index (χ3v) is 7.24. The van der Waals surface area contributed by atoms with Crippen LogP contribution in [-0.4, -0.2) is 27.9 Å². The number of fused-ring (bicyclic) bond motifs is 1. The van der Waals surface area contributed by atoms with Crippen LogP contribution in [0, 0.1) is 0 Å². The standard InChI is InChI=1S/C22H24N4O2S2/c1-2-16-19(30-26-25-16)21(28)24-22-18(15-10-6-7-11-17(15)29-22)20(27)23-13-12-14-8-4-3-5-9-14/h3-5,8-9H,2,6-7,10-13H2,1H3,(H,23,27)(H,24,28). The van der Waals surface area contributed by atoms with Crippen molar-refractivity contribution in [3.8, 4) is 0 Å². The van der Waals surface area contributed by atoms with Gasteiger partial charge in [-0.1, -0.05) is 41.7 Å². The number of anilines is 1. The molecule has 2 amide bonds. The maximum absolute atomic E-state index is 13.1. The zero-order chi connectivity index (χ0) is 20.9. The van der Waals surface area contributed by atoms with Crippen molar-refractivity contribution >= 4 is 39.7 Å². The SMILES string of the molecule is CCc1nnsc1C(=O)Nc1sc2c(c1C(=O)NCCc1ccccc1)CCCC2. The Morgan fingerprint density at radius 1 is 1.10 bits per heavy atom. The lowest BCUT2D eigenvalue weighted by Gasteiger charge is -2.13. The average molecular weight is 441 g/mol. The van der Waals surface area contributed by atoms with Gasteiger partial charge in [-0.2, -0.15) is 0 Å². The summed E-state index contributed by atoms with van der Waals surface area (Å²) in [5.41, 5.74) is 3.60. The molecule has 1 aromatic carbocycles. The van der Waals surface area contributed by atoms with Crippen LogP contribution in [0.3, 0.4) is 0 Å². The van der Waals surface area contributed by atoms with Gasteiger partial charge in [-0.15, -0.1) is 16.4 Å². The molecule has 0 spiro atoms. The molecule has 6 nitrogen and oxygen atoms in total. The van der Waals surface area contributed by atoms with Crippen LogP contribution in [0.25, 0.3) is 0 Å². The minimum Gasteiger partial charge on any atom is -0.352 e. The number of nitrogens with zero attached hydrogens (tertiary/aromatic N) is 2. The van der Waals surface area contributed by atoms with Crippen LogP contribution < -0.4 is 10.6 Å². The second-order valence-electron chi connectivity index (χ2n) is 7.26. The normalized spacial score (nSPS) is 13.0. The van der Waals surface area contributed by atoms with Crippen LogP contribution in [0.4, 0.5) is 5.00 Å². The summed E-state index contributed by atoms with van der Waals surface area (Å²) in [5.74, 6) is -0.349. The molecule has 0 bridgehead atoms. The molecular formula is C22H24N4O2S2. The first-order valence-electron chi connectivity index (χ1n) is 10.3. The van der Waals surface area contributed by atoms with E-state index in [-0.39, 0.29) is 11.8 Å². The summed E-state index contributed by atoms with van der Waals surface area (Å²) in [6.07, 6.45) is 5.45. The van der Waals surface area contributed by atoms with Gasteiger partial charge in [0.2, 0.25) is 0 Å². The van der Waals surface area contributed by atoms with E-state index in [0.29, 0.717) is 34.1 Å². The molecule has 2 N–H and O–H groups in total. The Kier molecular flexibility index (Phi) is 6.54. The molecule has 0 radical (unpaired) electrons. The van der Waals surface area contributed by atoms with E-state index in [4.69, 9.17) is 0 Å². The number of carbonyl (C=O) groups is 2. The van der Waals surface area contributed by atoms with Gasteiger partial charge in [0.05, 0.1) is 11.3 Å². The fourth-order valence-corrected chi connectivity index (χ4v) is 5.65. The fourth-order valence-electron chi connectivity index (χ4n) is 3.72. The second kappa shape index (κ2) is 9.49. The van der Waals surface area contributed by atoms with E-state index >= 15 is 0 Å². The fraction of sp³-hybridized carbons (Fsp3) is 0.364. The quantitative estimate of drug-likeness (QED) is 0.575. The van der Waals surface area contributed by atoms with Crippen molar-refractivity contribution in [3.63, 3.8) is 0 Å². The molecule has 0 unspecified atom stereocenters. The molecule has 156 valence electrons. The van der Waals surface area contributed by atoms with Gasteiger partial charge in [-0.3, -0.25) is 9.59 Å². The first-order chi connectivity index (χ1) is 14.7. The number of rotatable bonds is 7. The van der Waals surface area contributed by atoms with Crippen molar-refractivity contribution in [2.24, 2.45) is 0 Å². The van der Waals surface area contributed by atoms with E-state index in [1.807, 2.05) is 25.1 Å². The van der Waals surface area contributed by atoms with Crippen LogP contribution in [-0.2, 0) is 25.7 Å². The van der Waals surface area contributed by atoms with Crippen LogP contribution >= 0.6 is 22.9 Å². The molecule has 2 aromatic heterocycles. The molecular weight excluding hydrogens is 416 g/mol. The van der Waals surface area contributed by atoms with Gasteiger partial charge < -0.3 is 10.6 Å². The molecule has 0 saturated heterocycles. The third kappa shape index (κ3) is 4.44. The highest BCUT2D eigenvalue weighted by atomic mass is 32.1. The summed E-state index contributed by atoms with van der Waals surface area (Å²) in [7, 11) is 0. The van der Waals surface area contributed by atoms with Gasteiger partial charge in [-0.05, 0) is 61.2 Å². The minimum absolute atomic E-state index is 0.112. The van der Waals surface area contributed by atoms with E-state index < -0.39 is 0 Å². The summed E-state index contributed by atoms with van der Waals surface area (Å²) in [6, 6.07) is 10.1. The molecule has 0 fully saturated rings. The van der Waals surface area contributed by atoms with Crippen molar-refractivity contribution in [3.05, 3.63) is 62.5 Å². The van der Waals surface area contributed by atoms with Crippen molar-refractivity contribution < 1.29 is 9.59 Å². The smallest absolute Gasteiger partial charge is 0.269 e. The molecule has 3 aromatic rings. The third-order valence-electron chi connectivity index (χ3n) is 5.26. The van der Waals surface area contributed by atoms with E-state index in [1.165, 1.54) is 21.8 Å². The first-order valence-corrected chi connectivity index (χ1v) is 11.9. The maximum atomic E-state index is 13.1.